The number of hydrogen-bond acceptors (Lipinski definition) is 5. The molecule has 1 fully saturated rings. The Bertz CT molecular complexity index is 969. The number of hydrogen-bond donors (Lipinski definition) is 1. The number of carbonyl (C=O) groups is 1. The van der Waals surface area contributed by atoms with Crippen molar-refractivity contribution in [1.82, 2.24) is 4.31 Å². The Balaban J connectivity index is 1.66. The van der Waals surface area contributed by atoms with Gasteiger partial charge in [0.1, 0.15) is 24.7 Å². The van der Waals surface area contributed by atoms with Gasteiger partial charge in [0, 0.05) is 13.1 Å². The molecule has 1 heterocycles. The average Bonchev–Trinajstić information content (AvgIpc) is 3.27. The molecule has 0 atom stereocenters. The van der Waals surface area contributed by atoms with E-state index in [9.17, 15) is 13.2 Å². The highest BCUT2D eigenvalue weighted by molar-refractivity contribution is 7.89. The van der Waals surface area contributed by atoms with Gasteiger partial charge in [-0.15, -0.1) is 0 Å². The quantitative estimate of drug-likeness (QED) is 0.631. The molecule has 1 saturated heterocycles. The number of primary amides is 1. The molecule has 1 amide bonds. The summed E-state index contributed by atoms with van der Waals surface area (Å²) in [5.74, 6) is 0.244. The molecule has 0 unspecified atom stereocenters. The summed E-state index contributed by atoms with van der Waals surface area (Å²) in [6, 6.07) is 12.0. The van der Waals surface area contributed by atoms with Crippen LogP contribution in [0.25, 0.3) is 0 Å². The fourth-order valence-electron chi connectivity index (χ4n) is 3.23. The molecule has 0 saturated carbocycles. The third kappa shape index (κ3) is 5.07. The standard InChI is InChI=1S/C21H26N2O5S/c1-2-16-6-5-7-17(14-16)27-12-13-28-20-9-8-18(15-19(20)21(22)24)29(25,26)23-10-3-4-11-23/h5-9,14-15H,2-4,10-13H2,1H3,(H2,22,24). The summed E-state index contributed by atoms with van der Waals surface area (Å²) in [6.45, 7) is 3.52. The minimum absolute atomic E-state index is 0.0400. The van der Waals surface area contributed by atoms with Gasteiger partial charge in [-0.05, 0) is 55.2 Å². The van der Waals surface area contributed by atoms with Gasteiger partial charge in [0.25, 0.3) is 5.91 Å². The maximum Gasteiger partial charge on any atom is 0.252 e. The zero-order valence-corrected chi connectivity index (χ0v) is 17.3. The summed E-state index contributed by atoms with van der Waals surface area (Å²) >= 11 is 0. The lowest BCUT2D eigenvalue weighted by atomic mass is 10.2. The Labute approximate surface area is 171 Å². The van der Waals surface area contributed by atoms with Crippen molar-refractivity contribution >= 4 is 15.9 Å². The molecular weight excluding hydrogens is 392 g/mol. The summed E-state index contributed by atoms with van der Waals surface area (Å²) in [5, 5.41) is 0. The topological polar surface area (TPSA) is 98.9 Å². The minimum atomic E-state index is -3.63. The second-order valence-corrected chi connectivity index (χ2v) is 8.77. The van der Waals surface area contributed by atoms with Crippen LogP contribution in [0.4, 0.5) is 0 Å². The summed E-state index contributed by atoms with van der Waals surface area (Å²) in [4.78, 5) is 11.9. The second kappa shape index (κ2) is 9.28. The van der Waals surface area contributed by atoms with E-state index in [2.05, 4.69) is 6.92 Å². The van der Waals surface area contributed by atoms with Crippen LogP contribution in [0.1, 0.15) is 35.7 Å². The molecule has 156 valence electrons. The van der Waals surface area contributed by atoms with Gasteiger partial charge in [0.05, 0.1) is 10.5 Å². The van der Waals surface area contributed by atoms with Crippen LogP contribution >= 0.6 is 0 Å². The van der Waals surface area contributed by atoms with Gasteiger partial charge in [-0.2, -0.15) is 4.31 Å². The molecule has 0 aromatic heterocycles. The zero-order valence-electron chi connectivity index (χ0n) is 16.5. The van der Waals surface area contributed by atoms with Gasteiger partial charge in [0.2, 0.25) is 10.0 Å². The van der Waals surface area contributed by atoms with E-state index < -0.39 is 15.9 Å². The SMILES string of the molecule is CCc1cccc(OCCOc2ccc(S(=O)(=O)N3CCCC3)cc2C(N)=O)c1. The van der Waals surface area contributed by atoms with E-state index in [4.69, 9.17) is 15.2 Å². The van der Waals surface area contributed by atoms with Crippen LogP contribution in [0.5, 0.6) is 11.5 Å². The fraction of sp³-hybridized carbons (Fsp3) is 0.381. The van der Waals surface area contributed by atoms with Gasteiger partial charge in [-0.25, -0.2) is 8.42 Å². The van der Waals surface area contributed by atoms with Crippen molar-refractivity contribution in [2.24, 2.45) is 5.73 Å². The second-order valence-electron chi connectivity index (χ2n) is 6.83. The summed E-state index contributed by atoms with van der Waals surface area (Å²) < 4.78 is 38.1. The zero-order chi connectivity index (χ0) is 20.9. The first-order valence-corrected chi connectivity index (χ1v) is 11.1. The number of ether oxygens (including phenoxy) is 2. The molecule has 1 aliphatic rings. The molecule has 7 nitrogen and oxygen atoms in total. The van der Waals surface area contributed by atoms with E-state index >= 15 is 0 Å². The first-order chi connectivity index (χ1) is 13.9. The Morgan fingerprint density at radius 3 is 2.48 bits per heavy atom. The maximum absolute atomic E-state index is 12.7. The van der Waals surface area contributed by atoms with E-state index in [0.29, 0.717) is 13.1 Å². The molecule has 29 heavy (non-hydrogen) atoms. The maximum atomic E-state index is 12.7. The van der Waals surface area contributed by atoms with Crippen LogP contribution in [-0.2, 0) is 16.4 Å². The molecule has 2 aromatic carbocycles. The third-order valence-corrected chi connectivity index (χ3v) is 6.73. The van der Waals surface area contributed by atoms with E-state index in [1.165, 1.54) is 28.1 Å². The Hall–Kier alpha value is -2.58. The lowest BCUT2D eigenvalue weighted by Crippen LogP contribution is -2.28. The smallest absolute Gasteiger partial charge is 0.252 e. The van der Waals surface area contributed by atoms with Crippen molar-refractivity contribution in [3.05, 3.63) is 53.6 Å². The van der Waals surface area contributed by atoms with Crippen molar-refractivity contribution in [2.45, 2.75) is 31.1 Å². The predicted molar refractivity (Wildman–Crippen MR) is 110 cm³/mol. The lowest BCUT2D eigenvalue weighted by molar-refractivity contribution is 0.0995. The number of nitrogens with zero attached hydrogens (tertiary/aromatic N) is 1. The summed E-state index contributed by atoms with van der Waals surface area (Å²) in [6.07, 6.45) is 2.59. The molecule has 8 heteroatoms. The van der Waals surface area contributed by atoms with E-state index in [1.807, 2.05) is 24.3 Å². The number of amides is 1. The highest BCUT2D eigenvalue weighted by Crippen LogP contribution is 2.26. The third-order valence-electron chi connectivity index (χ3n) is 4.84. The number of carbonyl (C=O) groups excluding carboxylic acids is 1. The Kier molecular flexibility index (Phi) is 6.76. The Morgan fingerprint density at radius 2 is 1.79 bits per heavy atom. The predicted octanol–water partition coefficient (Wildman–Crippen LogP) is 2.59. The average molecular weight is 419 g/mol. The number of nitrogens with two attached hydrogens (primary N) is 1. The van der Waals surface area contributed by atoms with Crippen molar-refractivity contribution in [2.75, 3.05) is 26.3 Å². The molecule has 0 bridgehead atoms. The molecule has 3 rings (SSSR count). The minimum Gasteiger partial charge on any atom is -0.490 e. The van der Waals surface area contributed by atoms with Crippen molar-refractivity contribution in [3.63, 3.8) is 0 Å². The molecule has 1 aliphatic heterocycles. The van der Waals surface area contributed by atoms with Crippen LogP contribution in [0.2, 0.25) is 0 Å². The van der Waals surface area contributed by atoms with Crippen LogP contribution in [0.15, 0.2) is 47.4 Å². The Morgan fingerprint density at radius 1 is 1.07 bits per heavy atom. The van der Waals surface area contributed by atoms with Gasteiger partial charge >= 0.3 is 0 Å². The van der Waals surface area contributed by atoms with Crippen LogP contribution in [0.3, 0.4) is 0 Å². The van der Waals surface area contributed by atoms with Crippen LogP contribution in [-0.4, -0.2) is 44.9 Å². The number of rotatable bonds is 9. The molecular formula is C21H26N2O5S. The van der Waals surface area contributed by atoms with Crippen molar-refractivity contribution in [1.29, 1.82) is 0 Å². The fourth-order valence-corrected chi connectivity index (χ4v) is 4.78. The normalized spacial score (nSPS) is 14.7. The van der Waals surface area contributed by atoms with E-state index in [1.54, 1.807) is 0 Å². The number of sulfonamides is 1. The van der Waals surface area contributed by atoms with Crippen LogP contribution < -0.4 is 15.2 Å². The number of benzene rings is 2. The van der Waals surface area contributed by atoms with Crippen LogP contribution in [0, 0.1) is 0 Å². The monoisotopic (exact) mass is 418 g/mol. The molecule has 0 radical (unpaired) electrons. The molecule has 2 N–H and O–H groups in total. The number of aryl methyl sites for hydroxylation is 1. The van der Waals surface area contributed by atoms with E-state index in [-0.39, 0.29) is 29.4 Å². The molecule has 0 spiro atoms. The van der Waals surface area contributed by atoms with Gasteiger partial charge in [0.15, 0.2) is 0 Å². The van der Waals surface area contributed by atoms with Gasteiger partial charge in [-0.3, -0.25) is 4.79 Å². The summed E-state index contributed by atoms with van der Waals surface area (Å²) in [7, 11) is -3.63. The highest BCUT2D eigenvalue weighted by Gasteiger charge is 2.28. The van der Waals surface area contributed by atoms with Gasteiger partial charge < -0.3 is 15.2 Å². The molecule has 2 aromatic rings. The van der Waals surface area contributed by atoms with Gasteiger partial charge in [-0.1, -0.05) is 19.1 Å². The van der Waals surface area contributed by atoms with Crippen molar-refractivity contribution in [3.8, 4) is 11.5 Å². The highest BCUT2D eigenvalue weighted by atomic mass is 32.2. The molecule has 0 aliphatic carbocycles. The van der Waals surface area contributed by atoms with E-state index in [0.717, 1.165) is 25.0 Å². The summed E-state index contributed by atoms with van der Waals surface area (Å²) in [5.41, 5.74) is 6.66. The lowest BCUT2D eigenvalue weighted by Gasteiger charge is -2.17. The van der Waals surface area contributed by atoms with Crippen molar-refractivity contribution < 1.29 is 22.7 Å². The largest absolute Gasteiger partial charge is 0.490 e. The first-order valence-electron chi connectivity index (χ1n) is 9.70. The first kappa shape index (κ1) is 21.1.